The zero-order valence-corrected chi connectivity index (χ0v) is 16.8. The number of nitrogens with zero attached hydrogens (tertiary/aromatic N) is 4. The van der Waals surface area contributed by atoms with E-state index in [0.29, 0.717) is 30.1 Å². The van der Waals surface area contributed by atoms with Gasteiger partial charge in [-0.3, -0.25) is 9.78 Å². The Labute approximate surface area is 178 Å². The zero-order chi connectivity index (χ0) is 21.6. The van der Waals surface area contributed by atoms with Crippen molar-refractivity contribution >= 4 is 5.91 Å². The summed E-state index contributed by atoms with van der Waals surface area (Å²) in [6.07, 6.45) is 3.25. The van der Waals surface area contributed by atoms with Crippen molar-refractivity contribution in [2.75, 3.05) is 6.61 Å². The number of hydrogen-bond donors (Lipinski definition) is 1. The number of halogens is 1. The SMILES string of the molecule is CCOc1cccc(CNC(=O)c2nnn(-c3ccc(F)cc3)c2-c2ccncc2)c1. The highest BCUT2D eigenvalue weighted by Gasteiger charge is 2.22. The van der Waals surface area contributed by atoms with Crippen LogP contribution in [0.25, 0.3) is 16.9 Å². The van der Waals surface area contributed by atoms with Crippen LogP contribution < -0.4 is 10.1 Å². The maximum absolute atomic E-state index is 13.4. The highest BCUT2D eigenvalue weighted by Crippen LogP contribution is 2.25. The molecule has 0 atom stereocenters. The number of pyridine rings is 1. The van der Waals surface area contributed by atoms with E-state index in [4.69, 9.17) is 4.74 Å². The van der Waals surface area contributed by atoms with E-state index in [-0.39, 0.29) is 17.4 Å². The van der Waals surface area contributed by atoms with Crippen molar-refractivity contribution in [3.8, 4) is 22.7 Å². The first kappa shape index (κ1) is 20.2. The zero-order valence-electron chi connectivity index (χ0n) is 16.8. The van der Waals surface area contributed by atoms with E-state index < -0.39 is 0 Å². The molecule has 0 spiro atoms. The predicted octanol–water partition coefficient (Wildman–Crippen LogP) is 3.80. The topological polar surface area (TPSA) is 81.9 Å². The fourth-order valence-corrected chi connectivity index (χ4v) is 3.14. The molecular formula is C23H20FN5O2. The van der Waals surface area contributed by atoms with Crippen LogP contribution in [0, 0.1) is 5.82 Å². The molecule has 4 rings (SSSR count). The van der Waals surface area contributed by atoms with Gasteiger partial charge in [-0.05, 0) is 61.0 Å². The Morgan fingerprint density at radius 2 is 1.87 bits per heavy atom. The molecule has 0 aliphatic carbocycles. The van der Waals surface area contributed by atoms with Crippen molar-refractivity contribution in [3.05, 3.63) is 90.1 Å². The molecule has 2 aromatic carbocycles. The fraction of sp³-hybridized carbons (Fsp3) is 0.130. The second-order valence-corrected chi connectivity index (χ2v) is 6.67. The van der Waals surface area contributed by atoms with Crippen LogP contribution >= 0.6 is 0 Å². The molecule has 156 valence electrons. The lowest BCUT2D eigenvalue weighted by molar-refractivity contribution is 0.0946. The molecule has 0 saturated heterocycles. The molecule has 0 fully saturated rings. The van der Waals surface area contributed by atoms with E-state index in [1.165, 1.54) is 16.8 Å². The number of amides is 1. The summed E-state index contributed by atoms with van der Waals surface area (Å²) in [5.41, 5.74) is 2.86. The van der Waals surface area contributed by atoms with E-state index in [2.05, 4.69) is 20.6 Å². The Balaban J connectivity index is 1.64. The van der Waals surface area contributed by atoms with E-state index in [0.717, 1.165) is 11.3 Å². The quantitative estimate of drug-likeness (QED) is 0.495. The molecular weight excluding hydrogens is 397 g/mol. The minimum absolute atomic E-state index is 0.163. The number of carbonyl (C=O) groups is 1. The Morgan fingerprint density at radius 1 is 1.10 bits per heavy atom. The van der Waals surface area contributed by atoms with Crippen LogP contribution in [0.1, 0.15) is 23.0 Å². The van der Waals surface area contributed by atoms with E-state index in [1.807, 2.05) is 31.2 Å². The molecule has 1 amide bonds. The first-order valence-corrected chi connectivity index (χ1v) is 9.77. The Bertz CT molecular complexity index is 1180. The maximum Gasteiger partial charge on any atom is 0.274 e. The fourth-order valence-electron chi connectivity index (χ4n) is 3.14. The second-order valence-electron chi connectivity index (χ2n) is 6.67. The largest absolute Gasteiger partial charge is 0.494 e. The number of aromatic nitrogens is 4. The summed E-state index contributed by atoms with van der Waals surface area (Å²) in [5.74, 6) is 0.0116. The van der Waals surface area contributed by atoms with E-state index in [1.54, 1.807) is 36.7 Å². The van der Waals surface area contributed by atoms with Crippen LogP contribution in [0.3, 0.4) is 0 Å². The lowest BCUT2D eigenvalue weighted by Crippen LogP contribution is -2.24. The average molecular weight is 417 g/mol. The molecule has 0 aliphatic heterocycles. The number of nitrogens with one attached hydrogen (secondary N) is 1. The van der Waals surface area contributed by atoms with Gasteiger partial charge in [-0.2, -0.15) is 0 Å². The molecule has 7 nitrogen and oxygen atoms in total. The van der Waals surface area contributed by atoms with Crippen LogP contribution in [0.4, 0.5) is 4.39 Å². The Kier molecular flexibility index (Phi) is 5.98. The van der Waals surface area contributed by atoms with E-state index >= 15 is 0 Å². The molecule has 0 aliphatic rings. The molecule has 0 saturated carbocycles. The van der Waals surface area contributed by atoms with E-state index in [9.17, 15) is 9.18 Å². The van der Waals surface area contributed by atoms with Gasteiger partial charge in [0.2, 0.25) is 0 Å². The van der Waals surface area contributed by atoms with Crippen molar-refractivity contribution < 1.29 is 13.9 Å². The van der Waals surface area contributed by atoms with Crippen molar-refractivity contribution in [2.45, 2.75) is 13.5 Å². The third kappa shape index (κ3) is 4.58. The molecule has 1 N–H and O–H groups in total. The molecule has 8 heteroatoms. The van der Waals surface area contributed by atoms with Gasteiger partial charge in [0.1, 0.15) is 17.3 Å². The van der Waals surface area contributed by atoms with Gasteiger partial charge in [0.25, 0.3) is 5.91 Å². The number of benzene rings is 2. The highest BCUT2D eigenvalue weighted by molar-refractivity contribution is 5.98. The minimum atomic E-state index is -0.373. The second kappa shape index (κ2) is 9.17. The number of hydrogen-bond acceptors (Lipinski definition) is 5. The monoisotopic (exact) mass is 417 g/mol. The summed E-state index contributed by atoms with van der Waals surface area (Å²) in [6.45, 7) is 2.79. The average Bonchev–Trinajstić information content (AvgIpc) is 3.24. The normalized spacial score (nSPS) is 10.6. The van der Waals surface area contributed by atoms with Crippen LogP contribution in [0.15, 0.2) is 73.1 Å². The molecule has 0 bridgehead atoms. The first-order valence-electron chi connectivity index (χ1n) is 9.77. The van der Waals surface area contributed by atoms with Crippen LogP contribution in [0.5, 0.6) is 5.75 Å². The highest BCUT2D eigenvalue weighted by atomic mass is 19.1. The molecule has 0 unspecified atom stereocenters. The van der Waals surface area contributed by atoms with Crippen molar-refractivity contribution in [1.29, 1.82) is 0 Å². The summed E-state index contributed by atoms with van der Waals surface area (Å²) in [4.78, 5) is 17.0. The molecule has 4 aromatic rings. The van der Waals surface area contributed by atoms with Gasteiger partial charge in [0.05, 0.1) is 12.3 Å². The number of ether oxygens (including phenoxy) is 1. The van der Waals surface area contributed by atoms with Crippen LogP contribution in [-0.2, 0) is 6.54 Å². The number of carbonyl (C=O) groups excluding carboxylic acids is 1. The summed E-state index contributed by atoms with van der Waals surface area (Å²) in [6, 6.07) is 16.9. The van der Waals surface area contributed by atoms with Crippen molar-refractivity contribution in [2.24, 2.45) is 0 Å². The van der Waals surface area contributed by atoms with Gasteiger partial charge in [-0.1, -0.05) is 17.3 Å². The van der Waals surface area contributed by atoms with Crippen molar-refractivity contribution in [3.63, 3.8) is 0 Å². The summed E-state index contributed by atoms with van der Waals surface area (Å²) < 4.78 is 20.4. The summed E-state index contributed by atoms with van der Waals surface area (Å²) in [7, 11) is 0. The van der Waals surface area contributed by atoms with Gasteiger partial charge in [-0.25, -0.2) is 9.07 Å². The third-order valence-electron chi connectivity index (χ3n) is 4.57. The van der Waals surface area contributed by atoms with Gasteiger partial charge < -0.3 is 10.1 Å². The lowest BCUT2D eigenvalue weighted by Gasteiger charge is -2.10. The van der Waals surface area contributed by atoms with Gasteiger partial charge >= 0.3 is 0 Å². The third-order valence-corrected chi connectivity index (χ3v) is 4.57. The maximum atomic E-state index is 13.4. The lowest BCUT2D eigenvalue weighted by atomic mass is 10.1. The van der Waals surface area contributed by atoms with Gasteiger partial charge in [-0.15, -0.1) is 5.10 Å². The molecule has 31 heavy (non-hydrogen) atoms. The van der Waals surface area contributed by atoms with Crippen LogP contribution in [0.2, 0.25) is 0 Å². The first-order chi connectivity index (χ1) is 15.2. The molecule has 2 aromatic heterocycles. The van der Waals surface area contributed by atoms with Crippen molar-refractivity contribution in [1.82, 2.24) is 25.3 Å². The smallest absolute Gasteiger partial charge is 0.274 e. The van der Waals surface area contributed by atoms with Gasteiger partial charge in [0, 0.05) is 24.5 Å². The predicted molar refractivity (Wildman–Crippen MR) is 113 cm³/mol. The molecule has 0 radical (unpaired) electrons. The minimum Gasteiger partial charge on any atom is -0.494 e. The number of rotatable bonds is 7. The Hall–Kier alpha value is -4.07. The summed E-state index contributed by atoms with van der Waals surface area (Å²) >= 11 is 0. The summed E-state index contributed by atoms with van der Waals surface area (Å²) in [5, 5.41) is 11.1. The van der Waals surface area contributed by atoms with Crippen LogP contribution in [-0.4, -0.2) is 32.5 Å². The van der Waals surface area contributed by atoms with Gasteiger partial charge in [0.15, 0.2) is 5.69 Å². The standard InChI is InChI=1S/C23H20FN5O2/c1-2-31-20-5-3-4-16(14-20)15-26-23(30)21-22(17-10-12-25-13-11-17)29(28-27-21)19-8-6-18(24)7-9-19/h3-14H,2,15H2,1H3,(H,26,30). The Morgan fingerprint density at radius 3 is 2.61 bits per heavy atom. The molecule has 2 heterocycles.